The van der Waals surface area contributed by atoms with E-state index in [-0.39, 0.29) is 5.60 Å². The molecular formula is C39H74BNO. The molecule has 6 atom stereocenters. The molecule has 244 valence electrons. The third kappa shape index (κ3) is 9.50. The summed E-state index contributed by atoms with van der Waals surface area (Å²) in [6.07, 6.45) is 19.6. The Labute approximate surface area is 266 Å². The maximum atomic E-state index is 7.27. The lowest BCUT2D eigenvalue weighted by Crippen LogP contribution is -2.42. The maximum absolute atomic E-state index is 7.27. The number of ether oxygens (including phenoxy) is 1. The van der Waals surface area contributed by atoms with Crippen LogP contribution in [0.15, 0.2) is 0 Å². The molecule has 3 heteroatoms. The first-order chi connectivity index (χ1) is 19.3. The molecule has 3 rings (SSSR count). The highest BCUT2D eigenvalue weighted by Crippen LogP contribution is 2.65. The first-order valence-electron chi connectivity index (χ1n) is 18.5. The van der Waals surface area contributed by atoms with E-state index in [0.717, 1.165) is 37.3 Å². The quantitative estimate of drug-likeness (QED) is 0.212. The molecule has 42 heavy (non-hydrogen) atoms. The zero-order chi connectivity index (χ0) is 31.6. The smallest absolute Gasteiger partial charge is 0.182 e. The van der Waals surface area contributed by atoms with Crippen molar-refractivity contribution in [2.45, 2.75) is 191 Å². The lowest BCUT2D eigenvalue weighted by molar-refractivity contribution is -0.121. The Morgan fingerprint density at radius 3 is 1.88 bits per heavy atom. The van der Waals surface area contributed by atoms with Gasteiger partial charge in [-0.1, -0.05) is 102 Å². The molecule has 0 aromatic rings. The van der Waals surface area contributed by atoms with E-state index in [9.17, 15) is 0 Å². The fourth-order valence-corrected chi connectivity index (χ4v) is 10.4. The Kier molecular flexibility index (Phi) is 12.0. The SMILES string of the molecule is [B]N1CCC(C(C)(CC)CC(C)(C)C2CC2C(C)(CC)CC(C)(CC)OC2CCCCC(C)(C)CC(C)(C)CC2)CC1. The van der Waals surface area contributed by atoms with E-state index in [0.29, 0.717) is 33.2 Å². The van der Waals surface area contributed by atoms with Crippen molar-refractivity contribution in [1.82, 2.24) is 4.81 Å². The molecule has 6 unspecified atom stereocenters. The highest BCUT2D eigenvalue weighted by Gasteiger charge is 2.57. The van der Waals surface area contributed by atoms with Gasteiger partial charge in [-0.05, 0) is 135 Å². The molecule has 3 fully saturated rings. The van der Waals surface area contributed by atoms with Crippen molar-refractivity contribution in [2.24, 2.45) is 44.8 Å². The molecule has 0 aromatic carbocycles. The van der Waals surface area contributed by atoms with Crippen molar-refractivity contribution in [3.63, 3.8) is 0 Å². The second-order valence-corrected chi connectivity index (χ2v) is 18.9. The molecule has 2 aliphatic carbocycles. The largest absolute Gasteiger partial charge is 0.372 e. The van der Waals surface area contributed by atoms with Crippen molar-refractivity contribution in [2.75, 3.05) is 13.1 Å². The molecule has 2 nitrogen and oxygen atoms in total. The van der Waals surface area contributed by atoms with Crippen LogP contribution in [-0.4, -0.2) is 37.6 Å². The summed E-state index contributed by atoms with van der Waals surface area (Å²) in [5, 5.41) is 0. The number of hydrogen-bond donors (Lipinski definition) is 0. The van der Waals surface area contributed by atoms with Crippen LogP contribution in [0.25, 0.3) is 0 Å². The second-order valence-electron chi connectivity index (χ2n) is 18.9. The van der Waals surface area contributed by atoms with Crippen LogP contribution in [0.2, 0.25) is 0 Å². The number of rotatable bonds is 12. The van der Waals surface area contributed by atoms with Gasteiger partial charge in [0.1, 0.15) is 0 Å². The van der Waals surface area contributed by atoms with Gasteiger partial charge in [-0.15, -0.1) is 0 Å². The van der Waals surface area contributed by atoms with Crippen molar-refractivity contribution < 1.29 is 4.74 Å². The summed E-state index contributed by atoms with van der Waals surface area (Å²) in [6, 6.07) is 0. The van der Waals surface area contributed by atoms with Gasteiger partial charge in [0.05, 0.1) is 11.7 Å². The fraction of sp³-hybridized carbons (Fsp3) is 1.00. The minimum atomic E-state index is -0.0334. The summed E-state index contributed by atoms with van der Waals surface area (Å²) in [6.45, 7) is 32.3. The predicted molar refractivity (Wildman–Crippen MR) is 185 cm³/mol. The van der Waals surface area contributed by atoms with Crippen LogP contribution in [0, 0.1) is 44.8 Å². The van der Waals surface area contributed by atoms with Crippen LogP contribution in [0.4, 0.5) is 0 Å². The molecule has 0 spiro atoms. The molecule has 1 aliphatic heterocycles. The average Bonchev–Trinajstić information content (AvgIpc) is 3.72. The van der Waals surface area contributed by atoms with E-state index >= 15 is 0 Å². The molecular weight excluding hydrogens is 509 g/mol. The Morgan fingerprint density at radius 1 is 0.714 bits per heavy atom. The van der Waals surface area contributed by atoms with Gasteiger partial charge in [0.2, 0.25) is 0 Å². The first-order valence-corrected chi connectivity index (χ1v) is 18.5. The van der Waals surface area contributed by atoms with Gasteiger partial charge in [-0.25, -0.2) is 0 Å². The summed E-state index contributed by atoms with van der Waals surface area (Å²) in [5.74, 6) is 2.47. The Morgan fingerprint density at radius 2 is 1.31 bits per heavy atom. The molecule has 1 saturated heterocycles. The molecule has 0 N–H and O–H groups in total. The topological polar surface area (TPSA) is 12.5 Å². The van der Waals surface area contributed by atoms with Gasteiger partial charge in [0, 0.05) is 0 Å². The van der Waals surface area contributed by atoms with E-state index in [4.69, 9.17) is 12.7 Å². The highest BCUT2D eigenvalue weighted by atomic mass is 16.5. The van der Waals surface area contributed by atoms with E-state index < -0.39 is 0 Å². The fourth-order valence-electron chi connectivity index (χ4n) is 10.4. The lowest BCUT2D eigenvalue weighted by Gasteiger charge is -2.47. The third-order valence-corrected chi connectivity index (χ3v) is 13.4. The minimum absolute atomic E-state index is 0.0334. The van der Waals surface area contributed by atoms with Crippen molar-refractivity contribution in [3.8, 4) is 0 Å². The number of nitrogens with zero attached hydrogens (tertiary/aromatic N) is 1. The Hall–Kier alpha value is -0.0151. The molecule has 0 amide bonds. The normalized spacial score (nSPS) is 32.3. The summed E-state index contributed by atoms with van der Waals surface area (Å²) >= 11 is 0. The van der Waals surface area contributed by atoms with Crippen LogP contribution < -0.4 is 0 Å². The van der Waals surface area contributed by atoms with Crippen LogP contribution in [0.3, 0.4) is 0 Å². The van der Waals surface area contributed by atoms with Crippen LogP contribution >= 0.6 is 0 Å². The summed E-state index contributed by atoms with van der Waals surface area (Å²) in [7, 11) is 6.14. The summed E-state index contributed by atoms with van der Waals surface area (Å²) < 4.78 is 7.27. The molecule has 2 saturated carbocycles. The molecule has 0 aromatic heterocycles. The van der Waals surface area contributed by atoms with Gasteiger partial charge < -0.3 is 9.55 Å². The van der Waals surface area contributed by atoms with E-state index in [1.165, 1.54) is 89.9 Å². The van der Waals surface area contributed by atoms with E-state index in [1.54, 1.807) is 0 Å². The average molecular weight is 584 g/mol. The Bertz CT molecular complexity index is 843. The van der Waals surface area contributed by atoms with E-state index in [1.807, 2.05) is 4.81 Å². The van der Waals surface area contributed by atoms with Gasteiger partial charge >= 0.3 is 0 Å². The minimum Gasteiger partial charge on any atom is -0.372 e. The van der Waals surface area contributed by atoms with Crippen LogP contribution in [0.5, 0.6) is 0 Å². The zero-order valence-corrected chi connectivity index (χ0v) is 30.8. The predicted octanol–water partition coefficient (Wildman–Crippen LogP) is 11.4. The van der Waals surface area contributed by atoms with Gasteiger partial charge in [-0.3, -0.25) is 0 Å². The summed E-state index contributed by atoms with van der Waals surface area (Å²) in [4.78, 5) is 2.04. The maximum Gasteiger partial charge on any atom is 0.182 e. The van der Waals surface area contributed by atoms with E-state index in [2.05, 4.69) is 83.1 Å². The van der Waals surface area contributed by atoms with Crippen molar-refractivity contribution >= 4 is 7.98 Å². The highest BCUT2D eigenvalue weighted by molar-refractivity contribution is 6.04. The van der Waals surface area contributed by atoms with Crippen LogP contribution in [-0.2, 0) is 4.74 Å². The molecule has 2 radical (unpaired) electrons. The third-order valence-electron chi connectivity index (χ3n) is 13.4. The van der Waals surface area contributed by atoms with Crippen molar-refractivity contribution in [1.29, 1.82) is 0 Å². The van der Waals surface area contributed by atoms with Gasteiger partial charge in [-0.2, -0.15) is 0 Å². The number of hydrogen-bond acceptors (Lipinski definition) is 2. The molecule has 0 bridgehead atoms. The molecule has 1 heterocycles. The standard InChI is InChI=1S/C39H74BNO/c1-13-37(10,30-20-24-41(40)25-21-30)28-36(8,9)32-26-33(32)38(11,14-2)29-39(12,15-3)42-31-18-16-17-22-34(4,5)27-35(6,7)23-19-31/h30-33H,13-29H2,1-12H3. The monoisotopic (exact) mass is 584 g/mol. The second kappa shape index (κ2) is 13.8. The van der Waals surface area contributed by atoms with Crippen molar-refractivity contribution in [3.05, 3.63) is 0 Å². The first kappa shape index (κ1) is 36.5. The zero-order valence-electron chi connectivity index (χ0n) is 30.8. The number of piperidine rings is 1. The lowest BCUT2D eigenvalue weighted by atomic mass is 9.61. The molecule has 3 aliphatic rings. The van der Waals surface area contributed by atoms with Gasteiger partial charge in [0.15, 0.2) is 7.98 Å². The summed E-state index contributed by atoms with van der Waals surface area (Å²) in [5.41, 5.74) is 1.96. The Balaban J connectivity index is 1.67. The van der Waals surface area contributed by atoms with Crippen LogP contribution in [0.1, 0.15) is 179 Å². The van der Waals surface area contributed by atoms with Gasteiger partial charge in [0.25, 0.3) is 0 Å².